The molecule has 1 saturated heterocycles. The van der Waals surface area contributed by atoms with Gasteiger partial charge in [-0.15, -0.1) is 0 Å². The van der Waals surface area contributed by atoms with Crippen molar-refractivity contribution in [2.45, 2.75) is 32.0 Å². The molecule has 0 bridgehead atoms. The van der Waals surface area contributed by atoms with E-state index >= 15 is 0 Å². The van der Waals surface area contributed by atoms with Crippen molar-refractivity contribution in [3.8, 4) is 0 Å². The van der Waals surface area contributed by atoms with Crippen molar-refractivity contribution in [1.82, 2.24) is 4.90 Å². The summed E-state index contributed by atoms with van der Waals surface area (Å²) >= 11 is 0. The smallest absolute Gasteiger partial charge is 0.319 e. The number of hydrogen-bond acceptors (Lipinski definition) is 4. The van der Waals surface area contributed by atoms with Crippen LogP contribution in [0.4, 0.5) is 0 Å². The van der Waals surface area contributed by atoms with Crippen molar-refractivity contribution in [3.63, 3.8) is 0 Å². The number of carboxylic acids is 1. The van der Waals surface area contributed by atoms with Crippen LogP contribution < -0.4 is 0 Å². The predicted molar refractivity (Wildman–Crippen MR) is 62.1 cm³/mol. The van der Waals surface area contributed by atoms with Crippen LogP contribution in [0, 0.1) is 5.41 Å². The summed E-state index contributed by atoms with van der Waals surface area (Å²) in [5.41, 5.74) is -1.16. The molecule has 2 aliphatic rings. The molecule has 2 unspecified atom stereocenters. The van der Waals surface area contributed by atoms with E-state index in [2.05, 4.69) is 0 Å². The second kappa shape index (κ2) is 4.85. The molecule has 1 aliphatic heterocycles. The van der Waals surface area contributed by atoms with Crippen LogP contribution in [-0.4, -0.2) is 60.9 Å². The Hall–Kier alpha value is -1.14. The Kier molecular flexibility index (Phi) is 3.59. The summed E-state index contributed by atoms with van der Waals surface area (Å²) in [7, 11) is 1.58. The van der Waals surface area contributed by atoms with E-state index < -0.39 is 11.4 Å². The lowest BCUT2D eigenvalue weighted by molar-refractivity contribution is -0.162. The standard InChI is InChI=1S/C12H19NO5/c1-8-5-13(6-9(18-8)7-17-2)10(14)12(3-4-12)11(15)16/h8-9H,3-7H2,1-2H3,(H,15,16). The molecule has 1 aliphatic carbocycles. The van der Waals surface area contributed by atoms with E-state index in [1.165, 1.54) is 0 Å². The molecule has 102 valence electrons. The van der Waals surface area contributed by atoms with Gasteiger partial charge in [-0.2, -0.15) is 0 Å². The Morgan fingerprint density at radius 1 is 1.44 bits per heavy atom. The van der Waals surface area contributed by atoms with Gasteiger partial charge in [0.25, 0.3) is 0 Å². The molecule has 0 aromatic carbocycles. The quantitative estimate of drug-likeness (QED) is 0.724. The fraction of sp³-hybridized carbons (Fsp3) is 0.833. The highest BCUT2D eigenvalue weighted by Crippen LogP contribution is 2.47. The van der Waals surface area contributed by atoms with Gasteiger partial charge >= 0.3 is 5.97 Å². The molecule has 1 saturated carbocycles. The van der Waals surface area contributed by atoms with Crippen molar-refractivity contribution in [3.05, 3.63) is 0 Å². The van der Waals surface area contributed by atoms with Crippen LogP contribution in [0.1, 0.15) is 19.8 Å². The van der Waals surface area contributed by atoms with Crippen molar-refractivity contribution in [2.24, 2.45) is 5.41 Å². The van der Waals surface area contributed by atoms with Crippen LogP contribution in [0.2, 0.25) is 0 Å². The molecule has 2 fully saturated rings. The number of carbonyl (C=O) groups is 2. The maximum Gasteiger partial charge on any atom is 0.319 e. The van der Waals surface area contributed by atoms with Gasteiger partial charge in [-0.3, -0.25) is 9.59 Å². The Balaban J connectivity index is 2.04. The third kappa shape index (κ3) is 2.35. The first-order valence-electron chi connectivity index (χ1n) is 6.17. The third-order valence-electron chi connectivity index (χ3n) is 3.53. The van der Waals surface area contributed by atoms with E-state index in [-0.39, 0.29) is 18.1 Å². The first-order chi connectivity index (χ1) is 8.49. The minimum atomic E-state index is -1.16. The van der Waals surface area contributed by atoms with Gasteiger partial charge in [0.2, 0.25) is 5.91 Å². The van der Waals surface area contributed by atoms with E-state index in [1.807, 2.05) is 6.92 Å². The van der Waals surface area contributed by atoms with Crippen LogP contribution in [-0.2, 0) is 19.1 Å². The average Bonchev–Trinajstić information content (AvgIpc) is 3.08. The number of hydrogen-bond donors (Lipinski definition) is 1. The van der Waals surface area contributed by atoms with Gasteiger partial charge in [0.05, 0.1) is 18.8 Å². The molecule has 0 aromatic rings. The van der Waals surface area contributed by atoms with Gasteiger partial charge in [0, 0.05) is 20.2 Å². The zero-order chi connectivity index (χ0) is 13.3. The van der Waals surface area contributed by atoms with Crippen LogP contribution in [0.5, 0.6) is 0 Å². The number of carboxylic acid groups (broad SMARTS) is 1. The van der Waals surface area contributed by atoms with Crippen LogP contribution in [0.15, 0.2) is 0 Å². The molecule has 0 spiro atoms. The lowest BCUT2D eigenvalue weighted by Gasteiger charge is -2.37. The first kappa shape index (κ1) is 13.3. The van der Waals surface area contributed by atoms with E-state index in [1.54, 1.807) is 12.0 Å². The van der Waals surface area contributed by atoms with E-state index in [4.69, 9.17) is 14.6 Å². The number of nitrogens with zero attached hydrogens (tertiary/aromatic N) is 1. The maximum absolute atomic E-state index is 12.3. The maximum atomic E-state index is 12.3. The minimum Gasteiger partial charge on any atom is -0.480 e. The van der Waals surface area contributed by atoms with E-state index in [0.29, 0.717) is 32.5 Å². The van der Waals surface area contributed by atoms with Crippen molar-refractivity contribution < 1.29 is 24.2 Å². The topological polar surface area (TPSA) is 76.1 Å². The summed E-state index contributed by atoms with van der Waals surface area (Å²) in [5, 5.41) is 9.14. The molecule has 0 radical (unpaired) electrons. The molecule has 1 heterocycles. The summed E-state index contributed by atoms with van der Waals surface area (Å²) in [5.74, 6) is -1.28. The van der Waals surface area contributed by atoms with Crippen LogP contribution >= 0.6 is 0 Å². The number of carbonyl (C=O) groups excluding carboxylic acids is 1. The Labute approximate surface area is 106 Å². The van der Waals surface area contributed by atoms with Gasteiger partial charge < -0.3 is 19.5 Å². The zero-order valence-electron chi connectivity index (χ0n) is 10.7. The highest BCUT2D eigenvalue weighted by Gasteiger charge is 2.59. The number of rotatable bonds is 4. The molecule has 6 nitrogen and oxygen atoms in total. The molecule has 2 rings (SSSR count). The molecule has 1 amide bonds. The molecular weight excluding hydrogens is 238 g/mol. The Bertz CT molecular complexity index is 352. The van der Waals surface area contributed by atoms with E-state index in [0.717, 1.165) is 0 Å². The lowest BCUT2D eigenvalue weighted by atomic mass is 10.0. The zero-order valence-corrected chi connectivity index (χ0v) is 10.7. The summed E-state index contributed by atoms with van der Waals surface area (Å²) < 4.78 is 10.7. The largest absolute Gasteiger partial charge is 0.480 e. The number of methoxy groups -OCH3 is 1. The lowest BCUT2D eigenvalue weighted by Crippen LogP contribution is -2.53. The Morgan fingerprint density at radius 2 is 2.11 bits per heavy atom. The third-order valence-corrected chi connectivity index (χ3v) is 3.53. The fourth-order valence-corrected chi connectivity index (χ4v) is 2.44. The summed E-state index contributed by atoms with van der Waals surface area (Å²) in [6.07, 6.45) is 0.628. The number of amides is 1. The van der Waals surface area contributed by atoms with Gasteiger partial charge in [-0.05, 0) is 19.8 Å². The summed E-state index contributed by atoms with van der Waals surface area (Å²) in [6.45, 7) is 3.15. The monoisotopic (exact) mass is 257 g/mol. The molecule has 1 N–H and O–H groups in total. The number of morpholine rings is 1. The Morgan fingerprint density at radius 3 is 2.61 bits per heavy atom. The molecular formula is C12H19NO5. The molecule has 6 heteroatoms. The first-order valence-corrected chi connectivity index (χ1v) is 6.17. The minimum absolute atomic E-state index is 0.0903. The highest BCUT2D eigenvalue weighted by molar-refractivity contribution is 6.04. The predicted octanol–water partition coefficient (Wildman–Crippen LogP) is 0.114. The fourth-order valence-electron chi connectivity index (χ4n) is 2.44. The molecule has 2 atom stereocenters. The summed E-state index contributed by atoms with van der Waals surface area (Å²) in [6, 6.07) is 0. The molecule has 0 aromatic heterocycles. The van der Waals surface area contributed by atoms with Crippen molar-refractivity contribution in [2.75, 3.05) is 26.8 Å². The molecule has 18 heavy (non-hydrogen) atoms. The SMILES string of the molecule is COCC1CN(C(=O)C2(C(=O)O)CC2)CC(C)O1. The average molecular weight is 257 g/mol. The summed E-state index contributed by atoms with van der Waals surface area (Å²) in [4.78, 5) is 25.0. The number of aliphatic carboxylic acids is 1. The van der Waals surface area contributed by atoms with Crippen LogP contribution in [0.25, 0.3) is 0 Å². The highest BCUT2D eigenvalue weighted by atomic mass is 16.5. The van der Waals surface area contributed by atoms with E-state index in [9.17, 15) is 9.59 Å². The van der Waals surface area contributed by atoms with Crippen LogP contribution in [0.3, 0.4) is 0 Å². The van der Waals surface area contributed by atoms with Gasteiger partial charge in [0.15, 0.2) is 0 Å². The van der Waals surface area contributed by atoms with Gasteiger partial charge in [-0.1, -0.05) is 0 Å². The van der Waals surface area contributed by atoms with Crippen molar-refractivity contribution in [1.29, 1.82) is 0 Å². The van der Waals surface area contributed by atoms with Gasteiger partial charge in [-0.25, -0.2) is 0 Å². The normalized spacial score (nSPS) is 30.0. The van der Waals surface area contributed by atoms with Crippen molar-refractivity contribution >= 4 is 11.9 Å². The second-order valence-electron chi connectivity index (χ2n) is 5.12. The second-order valence-corrected chi connectivity index (χ2v) is 5.12. The number of ether oxygens (including phenoxy) is 2. The van der Waals surface area contributed by atoms with Gasteiger partial charge in [0.1, 0.15) is 5.41 Å².